The molecule has 5 nitrogen and oxygen atoms in total. The molecule has 5 heteroatoms. The minimum atomic E-state index is -0.227. The molecule has 78 valence electrons. The molecule has 0 aliphatic carbocycles. The highest BCUT2D eigenvalue weighted by Gasteiger charge is 2.01. The lowest BCUT2D eigenvalue weighted by Gasteiger charge is -2.03. The Hall–Kier alpha value is -1.33. The number of rotatable bonds is 6. The van der Waals surface area contributed by atoms with E-state index >= 15 is 0 Å². The molecule has 1 rings (SSSR count). The van der Waals surface area contributed by atoms with Crippen LogP contribution in [0.15, 0.2) is 22.8 Å². The molecule has 0 spiro atoms. The summed E-state index contributed by atoms with van der Waals surface area (Å²) in [5.74, 6) is 0.468. The van der Waals surface area contributed by atoms with Gasteiger partial charge >= 0.3 is 0 Å². The van der Waals surface area contributed by atoms with Crippen molar-refractivity contribution in [2.45, 2.75) is 6.54 Å². The fourth-order valence-corrected chi connectivity index (χ4v) is 0.879. The van der Waals surface area contributed by atoms with Gasteiger partial charge in [-0.2, -0.15) is 0 Å². The summed E-state index contributed by atoms with van der Waals surface area (Å²) in [6.45, 7) is 0.412. The Morgan fingerprint density at radius 3 is 3.14 bits per heavy atom. The number of carbonyl (C=O) groups excluding carboxylic acids is 1. The molecular formula is C9H13NO4. The van der Waals surface area contributed by atoms with E-state index in [1.807, 2.05) is 0 Å². The van der Waals surface area contributed by atoms with E-state index in [2.05, 4.69) is 5.32 Å². The zero-order chi connectivity index (χ0) is 10.2. The molecule has 0 atom stereocenters. The smallest absolute Gasteiger partial charge is 0.246 e. The molecule has 14 heavy (non-hydrogen) atoms. The molecule has 1 heterocycles. The molecule has 0 bridgehead atoms. The highest BCUT2D eigenvalue weighted by molar-refractivity contribution is 5.77. The number of nitrogens with one attached hydrogen (secondary N) is 1. The summed E-state index contributed by atoms with van der Waals surface area (Å²) in [6, 6.07) is 3.53. The maximum atomic E-state index is 11.1. The maximum absolute atomic E-state index is 11.1. The number of carbonyl (C=O) groups is 1. The van der Waals surface area contributed by atoms with E-state index in [4.69, 9.17) is 14.3 Å². The van der Waals surface area contributed by atoms with Crippen molar-refractivity contribution in [3.63, 3.8) is 0 Å². The van der Waals surface area contributed by atoms with E-state index in [1.54, 1.807) is 18.4 Å². The molecule has 1 amide bonds. The Kier molecular flexibility index (Phi) is 4.74. The van der Waals surface area contributed by atoms with E-state index in [0.717, 1.165) is 0 Å². The third-order valence-corrected chi connectivity index (χ3v) is 1.51. The second kappa shape index (κ2) is 6.17. The second-order valence-corrected chi connectivity index (χ2v) is 2.63. The Morgan fingerprint density at radius 2 is 2.50 bits per heavy atom. The van der Waals surface area contributed by atoms with Gasteiger partial charge in [-0.15, -0.1) is 0 Å². The number of furan rings is 1. The molecule has 0 aliphatic heterocycles. The summed E-state index contributed by atoms with van der Waals surface area (Å²) < 4.78 is 9.84. The second-order valence-electron chi connectivity index (χ2n) is 2.63. The van der Waals surface area contributed by atoms with Crippen LogP contribution in [-0.2, 0) is 16.1 Å². The molecule has 1 aromatic heterocycles. The van der Waals surface area contributed by atoms with Crippen LogP contribution in [0.1, 0.15) is 5.76 Å². The molecule has 0 fully saturated rings. The summed E-state index contributed by atoms with van der Waals surface area (Å²) >= 11 is 0. The van der Waals surface area contributed by atoms with Crippen molar-refractivity contribution in [2.75, 3.05) is 19.8 Å². The normalized spacial score (nSPS) is 10.1. The van der Waals surface area contributed by atoms with Crippen molar-refractivity contribution in [1.29, 1.82) is 0 Å². The number of hydrogen-bond acceptors (Lipinski definition) is 4. The number of aliphatic hydroxyl groups excluding tert-OH is 1. The average molecular weight is 199 g/mol. The Balaban J connectivity index is 2.09. The summed E-state index contributed by atoms with van der Waals surface area (Å²) in [6.07, 6.45) is 1.55. The van der Waals surface area contributed by atoms with Crippen LogP contribution in [0.4, 0.5) is 0 Å². The fourth-order valence-electron chi connectivity index (χ4n) is 0.879. The van der Waals surface area contributed by atoms with Crippen molar-refractivity contribution >= 4 is 5.91 Å². The minimum absolute atomic E-state index is 0.0404. The molecular weight excluding hydrogens is 186 g/mol. The van der Waals surface area contributed by atoms with Gasteiger partial charge in [0.15, 0.2) is 0 Å². The molecule has 0 saturated heterocycles. The Bertz CT molecular complexity index is 258. The molecule has 0 unspecified atom stereocenters. The van der Waals surface area contributed by atoms with Crippen molar-refractivity contribution in [1.82, 2.24) is 5.32 Å². The van der Waals surface area contributed by atoms with E-state index in [-0.39, 0.29) is 25.7 Å². The van der Waals surface area contributed by atoms with Crippen LogP contribution in [-0.4, -0.2) is 30.8 Å². The summed E-state index contributed by atoms with van der Waals surface area (Å²) in [5, 5.41) is 11.0. The van der Waals surface area contributed by atoms with Gasteiger partial charge in [0.1, 0.15) is 12.4 Å². The lowest BCUT2D eigenvalue weighted by Crippen LogP contribution is -2.27. The number of amides is 1. The monoisotopic (exact) mass is 199 g/mol. The zero-order valence-electron chi connectivity index (χ0n) is 7.73. The summed E-state index contributed by atoms with van der Waals surface area (Å²) in [5.41, 5.74) is 0. The van der Waals surface area contributed by atoms with Crippen LogP contribution in [0.25, 0.3) is 0 Å². The average Bonchev–Trinajstić information content (AvgIpc) is 2.68. The van der Waals surface area contributed by atoms with Gasteiger partial charge in [0, 0.05) is 0 Å². The van der Waals surface area contributed by atoms with Gasteiger partial charge in [-0.05, 0) is 12.1 Å². The number of ether oxygens (including phenoxy) is 1. The highest BCUT2D eigenvalue weighted by Crippen LogP contribution is 1.97. The maximum Gasteiger partial charge on any atom is 0.246 e. The van der Waals surface area contributed by atoms with Gasteiger partial charge in [-0.1, -0.05) is 0 Å². The van der Waals surface area contributed by atoms with E-state index in [9.17, 15) is 4.79 Å². The third-order valence-electron chi connectivity index (χ3n) is 1.51. The van der Waals surface area contributed by atoms with Crippen LogP contribution in [0.5, 0.6) is 0 Å². The first-order valence-electron chi connectivity index (χ1n) is 4.30. The van der Waals surface area contributed by atoms with Gasteiger partial charge in [0.25, 0.3) is 0 Å². The van der Waals surface area contributed by atoms with Gasteiger partial charge < -0.3 is 19.6 Å². The van der Waals surface area contributed by atoms with Gasteiger partial charge in [0.2, 0.25) is 5.91 Å². The first kappa shape index (κ1) is 10.7. The van der Waals surface area contributed by atoms with E-state index < -0.39 is 0 Å². The molecule has 0 aliphatic rings. The molecule has 1 aromatic rings. The zero-order valence-corrected chi connectivity index (χ0v) is 7.73. The lowest BCUT2D eigenvalue weighted by atomic mass is 10.4. The van der Waals surface area contributed by atoms with Gasteiger partial charge in [-0.25, -0.2) is 0 Å². The van der Waals surface area contributed by atoms with Crippen LogP contribution >= 0.6 is 0 Å². The topological polar surface area (TPSA) is 71.7 Å². The largest absolute Gasteiger partial charge is 0.467 e. The first-order chi connectivity index (χ1) is 6.83. The standard InChI is InChI=1S/C9H13NO4/c11-3-5-13-7-9(12)10-6-8-2-1-4-14-8/h1-2,4,11H,3,5-7H2,(H,10,12). The molecule has 0 radical (unpaired) electrons. The van der Waals surface area contributed by atoms with Gasteiger partial charge in [-0.3, -0.25) is 4.79 Å². The quantitative estimate of drug-likeness (QED) is 0.628. The van der Waals surface area contributed by atoms with Gasteiger partial charge in [0.05, 0.1) is 26.0 Å². The highest BCUT2D eigenvalue weighted by atomic mass is 16.5. The first-order valence-corrected chi connectivity index (χ1v) is 4.30. The van der Waals surface area contributed by atoms with Crippen LogP contribution in [0.3, 0.4) is 0 Å². The lowest BCUT2D eigenvalue weighted by molar-refractivity contribution is -0.126. The van der Waals surface area contributed by atoms with Crippen molar-refractivity contribution < 1.29 is 19.1 Å². The predicted octanol–water partition coefficient (Wildman–Crippen LogP) is -0.0953. The summed E-state index contributed by atoms with van der Waals surface area (Å²) in [4.78, 5) is 11.1. The van der Waals surface area contributed by atoms with E-state index in [1.165, 1.54) is 0 Å². The minimum Gasteiger partial charge on any atom is -0.467 e. The van der Waals surface area contributed by atoms with Crippen molar-refractivity contribution in [2.24, 2.45) is 0 Å². The van der Waals surface area contributed by atoms with Crippen LogP contribution in [0.2, 0.25) is 0 Å². The Morgan fingerprint density at radius 1 is 1.64 bits per heavy atom. The Labute approximate surface area is 81.7 Å². The molecule has 0 aromatic carbocycles. The van der Waals surface area contributed by atoms with Crippen LogP contribution < -0.4 is 5.32 Å². The van der Waals surface area contributed by atoms with Crippen molar-refractivity contribution in [3.05, 3.63) is 24.2 Å². The van der Waals surface area contributed by atoms with E-state index in [0.29, 0.717) is 12.3 Å². The molecule has 2 N–H and O–H groups in total. The van der Waals surface area contributed by atoms with Crippen LogP contribution in [0, 0.1) is 0 Å². The SMILES string of the molecule is O=C(COCCO)NCc1ccco1. The summed E-state index contributed by atoms with van der Waals surface area (Å²) in [7, 11) is 0. The molecule has 0 saturated carbocycles. The fraction of sp³-hybridized carbons (Fsp3) is 0.444. The number of aliphatic hydroxyl groups is 1. The third kappa shape index (κ3) is 4.06. The van der Waals surface area contributed by atoms with Crippen molar-refractivity contribution in [3.8, 4) is 0 Å². The number of hydrogen-bond donors (Lipinski definition) is 2. The predicted molar refractivity (Wildman–Crippen MR) is 48.5 cm³/mol.